The third kappa shape index (κ3) is 5.77. The molecule has 0 spiro atoms. The molecule has 0 aliphatic heterocycles. The Bertz CT molecular complexity index is 92.6. The first-order chi connectivity index (χ1) is 5.22. The molecular weight excluding hydrogens is 188 g/mol. The Morgan fingerprint density at radius 1 is 1.36 bits per heavy atom. The Morgan fingerprint density at radius 3 is 2.45 bits per heavy atom. The topological polar surface area (TPSA) is 69.9 Å². The summed E-state index contributed by atoms with van der Waals surface area (Å²) < 4.78 is 4.83. The fraction of sp³-hybridized carbons (Fsp3) is 1.00. The zero-order valence-electron chi connectivity index (χ0n) is 6.14. The third-order valence-electron chi connectivity index (χ3n) is 0.986. The number of aliphatic hydroxyl groups is 3. The highest BCUT2D eigenvalue weighted by Crippen LogP contribution is 2.18. The first-order valence-electron chi connectivity index (χ1n) is 3.01. The molecule has 4 nitrogen and oxygen atoms in total. The molecule has 3 N–H and O–H groups in total. The normalized spacial score (nSPS) is 16.4. The Labute approximate surface area is 73.6 Å². The molecule has 6 heteroatoms. The molecule has 0 aromatic rings. The van der Waals surface area contributed by atoms with Crippen LogP contribution in [0, 0.1) is 0 Å². The van der Waals surface area contributed by atoms with E-state index in [9.17, 15) is 0 Å². The van der Waals surface area contributed by atoms with Gasteiger partial charge < -0.3 is 19.5 Å². The van der Waals surface area contributed by atoms with E-state index in [1.165, 1.54) is 10.8 Å². The molecule has 0 saturated heterocycles. The number of hydrogen-bond donors (Lipinski definition) is 3. The van der Waals surface area contributed by atoms with E-state index in [4.69, 9.17) is 19.5 Å². The van der Waals surface area contributed by atoms with Crippen molar-refractivity contribution in [2.75, 3.05) is 19.5 Å². The zero-order chi connectivity index (χ0) is 8.69. The van der Waals surface area contributed by atoms with Gasteiger partial charge in [-0.3, -0.25) is 0 Å². The quantitative estimate of drug-likeness (QED) is 0.309. The van der Waals surface area contributed by atoms with Gasteiger partial charge in [-0.05, 0) is 6.26 Å². The predicted octanol–water partition coefficient (Wildman–Crippen LogP) is -0.357. The smallest absolute Gasteiger partial charge is 0.107 e. The summed E-state index contributed by atoms with van der Waals surface area (Å²) in [7, 11) is 1.40. The molecule has 0 aromatic heterocycles. The van der Waals surface area contributed by atoms with Crippen LogP contribution in [-0.2, 0) is 4.18 Å². The lowest BCUT2D eigenvalue weighted by atomic mass is 10.2. The number of aliphatic hydroxyl groups excluding tert-OH is 3. The highest BCUT2D eigenvalue weighted by molar-refractivity contribution is 8.74. The molecule has 0 saturated carbocycles. The highest BCUT2D eigenvalue weighted by Gasteiger charge is 2.14. The molecule has 11 heavy (non-hydrogen) atoms. The Balaban J connectivity index is 3.28. The summed E-state index contributed by atoms with van der Waals surface area (Å²) >= 11 is 1.13. The molecule has 0 heterocycles. The van der Waals surface area contributed by atoms with Crippen LogP contribution in [0.15, 0.2) is 0 Å². The van der Waals surface area contributed by atoms with Crippen LogP contribution in [0.1, 0.15) is 0 Å². The van der Waals surface area contributed by atoms with E-state index in [2.05, 4.69) is 0 Å². The van der Waals surface area contributed by atoms with Crippen LogP contribution in [0.3, 0.4) is 0 Å². The van der Waals surface area contributed by atoms with Crippen molar-refractivity contribution in [1.29, 1.82) is 0 Å². The average molecular weight is 200 g/mol. The minimum absolute atomic E-state index is 0.0211. The van der Waals surface area contributed by atoms with Crippen LogP contribution >= 0.6 is 21.9 Å². The molecule has 0 bridgehead atoms. The van der Waals surface area contributed by atoms with Gasteiger partial charge in [0.05, 0.1) is 24.3 Å². The molecular formula is C5H12O4S2. The van der Waals surface area contributed by atoms with Crippen LogP contribution in [0.5, 0.6) is 0 Å². The summed E-state index contributed by atoms with van der Waals surface area (Å²) in [5.74, 6) is 0. The lowest BCUT2D eigenvalue weighted by Gasteiger charge is -2.13. The third-order valence-corrected chi connectivity index (χ3v) is 2.05. The highest BCUT2D eigenvalue weighted by atomic mass is 33.1. The lowest BCUT2D eigenvalue weighted by Crippen LogP contribution is -2.32. The van der Waals surface area contributed by atoms with Crippen molar-refractivity contribution in [3.05, 3.63) is 0 Å². The molecule has 0 aliphatic carbocycles. The molecule has 0 aromatic carbocycles. The predicted molar refractivity (Wildman–Crippen MR) is 46.2 cm³/mol. The van der Waals surface area contributed by atoms with Gasteiger partial charge in [0.15, 0.2) is 0 Å². The van der Waals surface area contributed by atoms with E-state index < -0.39 is 18.8 Å². The molecule has 0 amide bonds. The second-order valence-corrected chi connectivity index (χ2v) is 3.95. The maximum atomic E-state index is 8.99. The van der Waals surface area contributed by atoms with Gasteiger partial charge in [0.2, 0.25) is 0 Å². The summed E-state index contributed by atoms with van der Waals surface area (Å²) in [4.78, 5) is 0. The maximum absolute atomic E-state index is 8.99. The summed E-state index contributed by atoms with van der Waals surface area (Å²) in [6.45, 7) is -0.429. The van der Waals surface area contributed by atoms with Crippen molar-refractivity contribution in [3.63, 3.8) is 0 Å². The number of hydrogen-bond acceptors (Lipinski definition) is 6. The van der Waals surface area contributed by atoms with Crippen LogP contribution in [0.2, 0.25) is 0 Å². The monoisotopic (exact) mass is 200 g/mol. The Hall–Kier alpha value is 0.540. The minimum Gasteiger partial charge on any atom is -0.394 e. The molecule has 68 valence electrons. The van der Waals surface area contributed by atoms with Gasteiger partial charge in [0.1, 0.15) is 12.2 Å². The van der Waals surface area contributed by atoms with E-state index in [0.717, 1.165) is 11.1 Å². The van der Waals surface area contributed by atoms with Crippen molar-refractivity contribution in [1.82, 2.24) is 0 Å². The fourth-order valence-electron chi connectivity index (χ4n) is 0.378. The van der Waals surface area contributed by atoms with Gasteiger partial charge in [-0.1, -0.05) is 10.8 Å². The molecule has 2 atom stereocenters. The molecule has 0 aliphatic rings. The summed E-state index contributed by atoms with van der Waals surface area (Å²) in [6.07, 6.45) is -0.295. The van der Waals surface area contributed by atoms with Crippen LogP contribution < -0.4 is 0 Å². The summed E-state index contributed by atoms with van der Waals surface area (Å²) in [5.41, 5.74) is 0. The van der Waals surface area contributed by atoms with Crippen molar-refractivity contribution >= 4 is 21.9 Å². The molecule has 0 unspecified atom stereocenters. The fourth-order valence-corrected chi connectivity index (χ4v) is 1.12. The van der Waals surface area contributed by atoms with Gasteiger partial charge in [-0.2, -0.15) is 0 Å². The van der Waals surface area contributed by atoms with Crippen molar-refractivity contribution in [3.8, 4) is 0 Å². The largest absolute Gasteiger partial charge is 0.394 e. The standard InChI is InChI=1S/C5H12O4S2/c1-10-11-9-3-5(8)4(7)2-6/h4-8H,2-3H2,1H3/t4-,5-/m1/s1. The summed E-state index contributed by atoms with van der Waals surface area (Å²) in [6, 6.07) is 0. The SMILES string of the molecule is CSSOC[C@@H](O)[C@H](O)CO. The van der Waals surface area contributed by atoms with E-state index >= 15 is 0 Å². The summed E-state index contributed by atoms with van der Waals surface area (Å²) in [5, 5.41) is 26.2. The van der Waals surface area contributed by atoms with Crippen molar-refractivity contribution in [2.45, 2.75) is 12.2 Å². The van der Waals surface area contributed by atoms with Crippen LogP contribution in [0.4, 0.5) is 0 Å². The van der Waals surface area contributed by atoms with E-state index in [-0.39, 0.29) is 6.61 Å². The van der Waals surface area contributed by atoms with Gasteiger partial charge in [-0.25, -0.2) is 0 Å². The van der Waals surface area contributed by atoms with Crippen molar-refractivity contribution in [2.24, 2.45) is 0 Å². The van der Waals surface area contributed by atoms with E-state index in [1.807, 2.05) is 6.26 Å². The Morgan fingerprint density at radius 2 is 2.00 bits per heavy atom. The van der Waals surface area contributed by atoms with Gasteiger partial charge >= 0.3 is 0 Å². The molecule has 0 fully saturated rings. The number of rotatable bonds is 6. The van der Waals surface area contributed by atoms with Crippen LogP contribution in [-0.4, -0.2) is 47.0 Å². The maximum Gasteiger partial charge on any atom is 0.107 e. The van der Waals surface area contributed by atoms with Gasteiger partial charge in [0, 0.05) is 0 Å². The lowest BCUT2D eigenvalue weighted by molar-refractivity contribution is -0.0306. The second-order valence-electron chi connectivity index (χ2n) is 1.84. The van der Waals surface area contributed by atoms with E-state index in [0.29, 0.717) is 0 Å². The average Bonchev–Trinajstić information content (AvgIpc) is 2.03. The van der Waals surface area contributed by atoms with Gasteiger partial charge in [-0.15, -0.1) is 0 Å². The van der Waals surface area contributed by atoms with E-state index in [1.54, 1.807) is 0 Å². The Kier molecular flexibility index (Phi) is 7.56. The van der Waals surface area contributed by atoms with Crippen molar-refractivity contribution < 1.29 is 19.5 Å². The first kappa shape index (κ1) is 11.5. The first-order valence-corrected chi connectivity index (χ1v) is 5.50. The zero-order valence-corrected chi connectivity index (χ0v) is 7.77. The molecule has 0 rings (SSSR count). The van der Waals surface area contributed by atoms with Gasteiger partial charge in [0.25, 0.3) is 0 Å². The minimum atomic E-state index is -1.11. The molecule has 0 radical (unpaired) electrons. The second kappa shape index (κ2) is 7.20. The van der Waals surface area contributed by atoms with Crippen LogP contribution in [0.25, 0.3) is 0 Å².